The first-order valence-corrected chi connectivity index (χ1v) is 6.40. The Kier molecular flexibility index (Phi) is 5.07. The van der Waals surface area contributed by atoms with E-state index in [0.717, 1.165) is 6.04 Å². The summed E-state index contributed by atoms with van der Waals surface area (Å²) in [5.74, 6) is 0. The molecule has 1 aliphatic carbocycles. The van der Waals surface area contributed by atoms with Gasteiger partial charge in [-0.25, -0.2) is 0 Å². The molecule has 0 saturated heterocycles. The third kappa shape index (κ3) is 4.52. The van der Waals surface area contributed by atoms with Gasteiger partial charge in [-0.2, -0.15) is 0 Å². The quantitative estimate of drug-likeness (QED) is 0.681. The molecule has 1 aliphatic rings. The van der Waals surface area contributed by atoms with Crippen LogP contribution in [0.25, 0.3) is 0 Å². The Bertz CT molecular complexity index is 175. The van der Waals surface area contributed by atoms with Crippen molar-refractivity contribution in [2.24, 2.45) is 5.41 Å². The molecule has 2 heteroatoms. The summed E-state index contributed by atoms with van der Waals surface area (Å²) in [6.07, 6.45) is 6.79. The maximum Gasteiger partial charge on any atom is 0.0118 e. The van der Waals surface area contributed by atoms with Crippen LogP contribution in [0.1, 0.15) is 46.0 Å². The Morgan fingerprint density at radius 1 is 1.27 bits per heavy atom. The van der Waals surface area contributed by atoms with Crippen LogP contribution >= 0.6 is 0 Å². The predicted octanol–water partition coefficient (Wildman–Crippen LogP) is 2.50. The van der Waals surface area contributed by atoms with Gasteiger partial charge in [0.1, 0.15) is 0 Å². The van der Waals surface area contributed by atoms with Crippen molar-refractivity contribution in [2.75, 3.05) is 27.2 Å². The lowest BCUT2D eigenvalue weighted by Gasteiger charge is -2.28. The minimum absolute atomic E-state index is 0.529. The highest BCUT2D eigenvalue weighted by Gasteiger charge is 2.33. The molecule has 1 fully saturated rings. The number of hydrogen-bond acceptors (Lipinski definition) is 2. The minimum Gasteiger partial charge on any atom is -0.313 e. The van der Waals surface area contributed by atoms with Gasteiger partial charge in [-0.1, -0.05) is 20.3 Å². The molecule has 1 rings (SSSR count). The maximum atomic E-state index is 3.73. The van der Waals surface area contributed by atoms with Crippen LogP contribution < -0.4 is 5.32 Å². The summed E-state index contributed by atoms with van der Waals surface area (Å²) in [4.78, 5) is 2.26. The zero-order valence-corrected chi connectivity index (χ0v) is 11.0. The first-order chi connectivity index (χ1) is 7.02. The third-order valence-electron chi connectivity index (χ3n) is 3.68. The van der Waals surface area contributed by atoms with Crippen molar-refractivity contribution in [3.05, 3.63) is 0 Å². The number of hydrogen-bond donors (Lipinski definition) is 1. The molecule has 1 saturated carbocycles. The van der Waals surface area contributed by atoms with Crippen molar-refractivity contribution in [2.45, 2.75) is 52.0 Å². The van der Waals surface area contributed by atoms with Crippen molar-refractivity contribution < 1.29 is 0 Å². The summed E-state index contributed by atoms with van der Waals surface area (Å²) >= 11 is 0. The van der Waals surface area contributed by atoms with E-state index in [2.05, 4.69) is 38.2 Å². The van der Waals surface area contributed by atoms with Gasteiger partial charge in [0.15, 0.2) is 0 Å². The maximum absolute atomic E-state index is 3.73. The van der Waals surface area contributed by atoms with Crippen molar-refractivity contribution in [1.29, 1.82) is 0 Å². The van der Waals surface area contributed by atoms with Gasteiger partial charge in [0.05, 0.1) is 0 Å². The van der Waals surface area contributed by atoms with Crippen LogP contribution in [-0.4, -0.2) is 38.1 Å². The summed E-state index contributed by atoms with van der Waals surface area (Å²) in [5, 5.41) is 3.73. The standard InChI is InChI=1S/C13H28N2/c1-13(2)9-7-8-12(13)14-10-5-6-11-15(3)4/h12,14H,5-11H2,1-4H3. The van der Waals surface area contributed by atoms with Gasteiger partial charge < -0.3 is 10.2 Å². The molecule has 1 N–H and O–H groups in total. The average Bonchev–Trinajstić information content (AvgIpc) is 2.44. The Hall–Kier alpha value is -0.0800. The predicted molar refractivity (Wildman–Crippen MR) is 67.2 cm³/mol. The number of nitrogens with zero attached hydrogens (tertiary/aromatic N) is 1. The Morgan fingerprint density at radius 3 is 2.53 bits per heavy atom. The zero-order valence-electron chi connectivity index (χ0n) is 11.0. The summed E-state index contributed by atoms with van der Waals surface area (Å²) in [6.45, 7) is 7.21. The van der Waals surface area contributed by atoms with E-state index >= 15 is 0 Å². The number of rotatable bonds is 6. The second-order valence-corrected chi connectivity index (χ2v) is 5.90. The molecule has 0 spiro atoms. The van der Waals surface area contributed by atoms with Crippen LogP contribution in [-0.2, 0) is 0 Å². The molecule has 0 aromatic heterocycles. The molecule has 0 aromatic rings. The molecule has 0 aliphatic heterocycles. The van der Waals surface area contributed by atoms with Crippen LogP contribution in [0.4, 0.5) is 0 Å². The summed E-state index contributed by atoms with van der Waals surface area (Å²) < 4.78 is 0. The van der Waals surface area contributed by atoms with Gasteiger partial charge in [-0.05, 0) is 58.3 Å². The molecule has 1 unspecified atom stereocenters. The molecular weight excluding hydrogens is 184 g/mol. The van der Waals surface area contributed by atoms with Gasteiger partial charge in [0, 0.05) is 6.04 Å². The van der Waals surface area contributed by atoms with Crippen LogP contribution in [0.3, 0.4) is 0 Å². The highest BCUT2D eigenvalue weighted by Crippen LogP contribution is 2.36. The third-order valence-corrected chi connectivity index (χ3v) is 3.68. The second-order valence-electron chi connectivity index (χ2n) is 5.90. The normalized spacial score (nSPS) is 25.0. The smallest absolute Gasteiger partial charge is 0.0118 e. The molecule has 15 heavy (non-hydrogen) atoms. The molecule has 0 heterocycles. The van der Waals surface area contributed by atoms with E-state index in [4.69, 9.17) is 0 Å². The van der Waals surface area contributed by atoms with E-state index in [1.807, 2.05) is 0 Å². The van der Waals surface area contributed by atoms with Gasteiger partial charge in [-0.3, -0.25) is 0 Å². The van der Waals surface area contributed by atoms with E-state index in [1.54, 1.807) is 0 Å². The number of nitrogens with one attached hydrogen (secondary N) is 1. The van der Waals surface area contributed by atoms with Crippen molar-refractivity contribution in [3.8, 4) is 0 Å². The second kappa shape index (κ2) is 5.86. The Morgan fingerprint density at radius 2 is 2.00 bits per heavy atom. The van der Waals surface area contributed by atoms with E-state index in [9.17, 15) is 0 Å². The lowest BCUT2D eigenvalue weighted by atomic mass is 9.87. The summed E-state index contributed by atoms with van der Waals surface area (Å²) in [6, 6.07) is 0.761. The van der Waals surface area contributed by atoms with Crippen molar-refractivity contribution in [1.82, 2.24) is 10.2 Å². The number of unbranched alkanes of at least 4 members (excludes halogenated alkanes) is 1. The van der Waals surface area contributed by atoms with E-state index < -0.39 is 0 Å². The highest BCUT2D eigenvalue weighted by atomic mass is 15.0. The van der Waals surface area contributed by atoms with Crippen LogP contribution in [0, 0.1) is 5.41 Å². The van der Waals surface area contributed by atoms with Crippen LogP contribution in [0.15, 0.2) is 0 Å². The summed E-state index contributed by atoms with van der Waals surface area (Å²) in [7, 11) is 4.29. The van der Waals surface area contributed by atoms with Crippen molar-refractivity contribution >= 4 is 0 Å². The topological polar surface area (TPSA) is 15.3 Å². The molecule has 0 amide bonds. The molecule has 0 radical (unpaired) electrons. The average molecular weight is 212 g/mol. The molecule has 0 aromatic carbocycles. The largest absolute Gasteiger partial charge is 0.313 e. The monoisotopic (exact) mass is 212 g/mol. The Balaban J connectivity index is 2.05. The molecule has 0 bridgehead atoms. The lowest BCUT2D eigenvalue weighted by molar-refractivity contribution is 0.281. The SMILES string of the molecule is CN(C)CCCCNC1CCCC1(C)C. The first kappa shape index (κ1) is 13.0. The molecular formula is C13H28N2. The Labute approximate surface area is 95.4 Å². The van der Waals surface area contributed by atoms with Gasteiger partial charge in [-0.15, -0.1) is 0 Å². The molecule has 1 atom stereocenters. The van der Waals surface area contributed by atoms with Gasteiger partial charge in [0.25, 0.3) is 0 Å². The fourth-order valence-electron chi connectivity index (χ4n) is 2.53. The summed E-state index contributed by atoms with van der Waals surface area (Å²) in [5.41, 5.74) is 0.529. The van der Waals surface area contributed by atoms with Crippen molar-refractivity contribution in [3.63, 3.8) is 0 Å². The zero-order chi connectivity index (χ0) is 11.3. The fraction of sp³-hybridized carbons (Fsp3) is 1.00. The van der Waals surface area contributed by atoms with E-state index in [1.165, 1.54) is 45.2 Å². The fourth-order valence-corrected chi connectivity index (χ4v) is 2.53. The molecule has 90 valence electrons. The highest BCUT2D eigenvalue weighted by molar-refractivity contribution is 4.89. The van der Waals surface area contributed by atoms with Gasteiger partial charge in [0.2, 0.25) is 0 Å². The van der Waals surface area contributed by atoms with Crippen LogP contribution in [0.2, 0.25) is 0 Å². The lowest BCUT2D eigenvalue weighted by Crippen LogP contribution is -2.38. The first-order valence-electron chi connectivity index (χ1n) is 6.40. The van der Waals surface area contributed by atoms with E-state index in [0.29, 0.717) is 5.41 Å². The van der Waals surface area contributed by atoms with E-state index in [-0.39, 0.29) is 0 Å². The molecule has 2 nitrogen and oxygen atoms in total. The minimum atomic E-state index is 0.529. The van der Waals surface area contributed by atoms with Gasteiger partial charge >= 0.3 is 0 Å². The van der Waals surface area contributed by atoms with Crippen LogP contribution in [0.5, 0.6) is 0 Å².